The number of benzene rings is 2. The highest BCUT2D eigenvalue weighted by molar-refractivity contribution is 6.31. The lowest BCUT2D eigenvalue weighted by Gasteiger charge is -2.30. The van der Waals surface area contributed by atoms with E-state index in [1.807, 2.05) is 24.3 Å². The summed E-state index contributed by atoms with van der Waals surface area (Å²) < 4.78 is 5.62. The lowest BCUT2D eigenvalue weighted by atomic mass is 10.0. The fourth-order valence-electron chi connectivity index (χ4n) is 3.36. The predicted octanol–water partition coefficient (Wildman–Crippen LogP) is 4.91. The van der Waals surface area contributed by atoms with Gasteiger partial charge in [0.2, 0.25) is 0 Å². The van der Waals surface area contributed by atoms with Crippen LogP contribution in [0.25, 0.3) is 11.0 Å². The first kappa shape index (κ1) is 21.4. The van der Waals surface area contributed by atoms with E-state index in [-0.39, 0.29) is 17.2 Å². The van der Waals surface area contributed by atoms with Gasteiger partial charge in [0.1, 0.15) is 5.58 Å². The minimum Gasteiger partial charge on any atom is -0.451 e. The lowest BCUT2D eigenvalue weighted by molar-refractivity contribution is 0.0908. The molecule has 0 aliphatic carbocycles. The Morgan fingerprint density at radius 3 is 2.52 bits per heavy atom. The SMILES string of the molecule is CCN(CC)[C@@H](CNC(=O)c1cc(=O)c2cc(Cl)ccc2o1)c1ccccc1Cl. The zero-order valence-electron chi connectivity index (χ0n) is 16.2. The Kier molecular flexibility index (Phi) is 6.96. The van der Waals surface area contributed by atoms with Gasteiger partial charge in [-0.05, 0) is 42.9 Å². The van der Waals surface area contributed by atoms with E-state index in [2.05, 4.69) is 24.1 Å². The van der Waals surface area contributed by atoms with Crippen LogP contribution in [0.3, 0.4) is 0 Å². The normalized spacial score (nSPS) is 12.3. The van der Waals surface area contributed by atoms with Crippen molar-refractivity contribution in [2.45, 2.75) is 19.9 Å². The lowest BCUT2D eigenvalue weighted by Crippen LogP contribution is -2.38. The Morgan fingerprint density at radius 2 is 1.83 bits per heavy atom. The molecule has 0 aliphatic heterocycles. The maximum atomic E-state index is 12.7. The molecule has 0 bridgehead atoms. The molecule has 1 heterocycles. The summed E-state index contributed by atoms with van der Waals surface area (Å²) in [5, 5.41) is 4.30. The minimum atomic E-state index is -0.455. The van der Waals surface area contributed by atoms with E-state index in [1.165, 1.54) is 12.1 Å². The Labute approximate surface area is 179 Å². The van der Waals surface area contributed by atoms with Gasteiger partial charge in [0.05, 0.1) is 11.4 Å². The van der Waals surface area contributed by atoms with E-state index in [9.17, 15) is 9.59 Å². The molecule has 0 unspecified atom stereocenters. The molecule has 29 heavy (non-hydrogen) atoms. The number of nitrogens with zero attached hydrogens (tertiary/aromatic N) is 1. The van der Waals surface area contributed by atoms with Gasteiger partial charge in [0, 0.05) is 22.7 Å². The number of nitrogens with one attached hydrogen (secondary N) is 1. The monoisotopic (exact) mass is 432 g/mol. The summed E-state index contributed by atoms with van der Waals surface area (Å²) in [5.41, 5.74) is 0.941. The Morgan fingerprint density at radius 1 is 1.10 bits per heavy atom. The van der Waals surface area contributed by atoms with Crippen LogP contribution >= 0.6 is 23.2 Å². The third-order valence-electron chi connectivity index (χ3n) is 4.89. The molecule has 7 heteroatoms. The third-order valence-corrected chi connectivity index (χ3v) is 5.47. The van der Waals surface area contributed by atoms with Crippen molar-refractivity contribution < 1.29 is 9.21 Å². The second-order valence-electron chi connectivity index (χ2n) is 6.58. The molecule has 152 valence electrons. The largest absolute Gasteiger partial charge is 0.451 e. The second kappa shape index (κ2) is 9.44. The van der Waals surface area contributed by atoms with Crippen LogP contribution in [-0.4, -0.2) is 30.4 Å². The van der Waals surface area contributed by atoms with Crippen molar-refractivity contribution in [2.24, 2.45) is 0 Å². The van der Waals surface area contributed by atoms with Gasteiger partial charge >= 0.3 is 0 Å². The van der Waals surface area contributed by atoms with Crippen molar-refractivity contribution in [3.8, 4) is 0 Å². The summed E-state index contributed by atoms with van der Waals surface area (Å²) in [6, 6.07) is 13.4. The molecule has 5 nitrogen and oxygen atoms in total. The molecule has 0 aliphatic rings. The summed E-state index contributed by atoms with van der Waals surface area (Å²) in [7, 11) is 0. The van der Waals surface area contributed by atoms with Crippen molar-refractivity contribution >= 4 is 40.1 Å². The third kappa shape index (κ3) is 4.81. The molecule has 1 aromatic heterocycles. The number of carbonyl (C=O) groups excluding carboxylic acids is 1. The van der Waals surface area contributed by atoms with Crippen LogP contribution < -0.4 is 10.7 Å². The number of hydrogen-bond donors (Lipinski definition) is 1. The summed E-state index contributed by atoms with van der Waals surface area (Å²) in [6.07, 6.45) is 0. The molecular weight excluding hydrogens is 411 g/mol. The number of carbonyl (C=O) groups is 1. The molecule has 1 N–H and O–H groups in total. The zero-order chi connectivity index (χ0) is 21.0. The molecule has 1 amide bonds. The smallest absolute Gasteiger partial charge is 0.287 e. The van der Waals surface area contributed by atoms with Crippen LogP contribution in [0.15, 0.2) is 57.7 Å². The van der Waals surface area contributed by atoms with Gasteiger partial charge in [-0.25, -0.2) is 0 Å². The van der Waals surface area contributed by atoms with E-state index in [0.29, 0.717) is 27.6 Å². The van der Waals surface area contributed by atoms with Gasteiger partial charge in [-0.1, -0.05) is 55.2 Å². The molecule has 0 saturated carbocycles. The molecule has 0 radical (unpaired) electrons. The second-order valence-corrected chi connectivity index (χ2v) is 7.43. The summed E-state index contributed by atoms with van der Waals surface area (Å²) >= 11 is 12.3. The molecule has 0 spiro atoms. The average molecular weight is 433 g/mol. The standard InChI is InChI=1S/C22H22Cl2N2O3/c1-3-26(4-2)18(15-7-5-6-8-17(15)24)13-25-22(28)21-12-19(27)16-11-14(23)9-10-20(16)29-21/h5-12,18H,3-4,13H2,1-2H3,(H,25,28)/t18-/m0/s1. The van der Waals surface area contributed by atoms with Crippen LogP contribution in [0, 0.1) is 0 Å². The van der Waals surface area contributed by atoms with E-state index < -0.39 is 5.91 Å². The quantitative estimate of drug-likeness (QED) is 0.575. The topological polar surface area (TPSA) is 62.6 Å². The van der Waals surface area contributed by atoms with Crippen molar-refractivity contribution in [1.82, 2.24) is 10.2 Å². The maximum Gasteiger partial charge on any atom is 0.287 e. The van der Waals surface area contributed by atoms with E-state index in [4.69, 9.17) is 27.6 Å². The first-order chi connectivity index (χ1) is 13.9. The van der Waals surface area contributed by atoms with Gasteiger partial charge < -0.3 is 9.73 Å². The Hall–Kier alpha value is -2.34. The van der Waals surface area contributed by atoms with Gasteiger partial charge in [0.25, 0.3) is 5.91 Å². The molecule has 1 atom stereocenters. The highest BCUT2D eigenvalue weighted by atomic mass is 35.5. The number of amides is 1. The van der Waals surface area contributed by atoms with Crippen molar-refractivity contribution in [3.63, 3.8) is 0 Å². The molecule has 0 fully saturated rings. The minimum absolute atomic E-state index is 0.0396. The molecule has 0 saturated heterocycles. The van der Waals surface area contributed by atoms with E-state index >= 15 is 0 Å². The van der Waals surface area contributed by atoms with Crippen LogP contribution in [0.1, 0.15) is 36.0 Å². The van der Waals surface area contributed by atoms with Crippen molar-refractivity contribution in [1.29, 1.82) is 0 Å². The maximum absolute atomic E-state index is 12.7. The fourth-order valence-corrected chi connectivity index (χ4v) is 3.80. The highest BCUT2D eigenvalue weighted by Crippen LogP contribution is 2.27. The number of hydrogen-bond acceptors (Lipinski definition) is 4. The molecule has 3 rings (SSSR count). The van der Waals surface area contributed by atoms with Gasteiger partial charge in [-0.15, -0.1) is 0 Å². The van der Waals surface area contributed by atoms with E-state index in [0.717, 1.165) is 18.7 Å². The summed E-state index contributed by atoms with van der Waals surface area (Å²) in [4.78, 5) is 27.3. The van der Waals surface area contributed by atoms with E-state index in [1.54, 1.807) is 12.1 Å². The number of likely N-dealkylation sites (N-methyl/N-ethyl adjacent to an activating group) is 1. The number of halogens is 2. The highest BCUT2D eigenvalue weighted by Gasteiger charge is 2.22. The van der Waals surface area contributed by atoms with Gasteiger partial charge in [-0.3, -0.25) is 14.5 Å². The number of fused-ring (bicyclic) bond motifs is 1. The van der Waals surface area contributed by atoms with Crippen LogP contribution in [0.4, 0.5) is 0 Å². The summed E-state index contributed by atoms with van der Waals surface area (Å²) in [5.74, 6) is -0.495. The molecule has 2 aromatic carbocycles. The molecular formula is C22H22Cl2N2O3. The van der Waals surface area contributed by atoms with Crippen molar-refractivity contribution in [3.05, 3.63) is 80.1 Å². The molecule has 3 aromatic rings. The van der Waals surface area contributed by atoms with Gasteiger partial charge in [-0.2, -0.15) is 0 Å². The zero-order valence-corrected chi connectivity index (χ0v) is 17.8. The first-order valence-electron chi connectivity index (χ1n) is 9.44. The average Bonchev–Trinajstić information content (AvgIpc) is 2.72. The predicted molar refractivity (Wildman–Crippen MR) is 117 cm³/mol. The van der Waals surface area contributed by atoms with Crippen molar-refractivity contribution in [2.75, 3.05) is 19.6 Å². The van der Waals surface area contributed by atoms with Crippen LogP contribution in [0.2, 0.25) is 10.0 Å². The number of rotatable bonds is 7. The van der Waals surface area contributed by atoms with Crippen LogP contribution in [-0.2, 0) is 0 Å². The van der Waals surface area contributed by atoms with Gasteiger partial charge in [0.15, 0.2) is 11.2 Å². The Balaban J connectivity index is 1.85. The van der Waals surface area contributed by atoms with Crippen LogP contribution in [0.5, 0.6) is 0 Å². The fraction of sp³-hybridized carbons (Fsp3) is 0.273. The summed E-state index contributed by atoms with van der Waals surface area (Å²) in [6.45, 7) is 6.04. The first-order valence-corrected chi connectivity index (χ1v) is 10.2. The Bertz CT molecular complexity index is 1080.